The molecule has 1 aliphatic heterocycles. The maximum absolute atomic E-state index is 12.9. The van der Waals surface area contributed by atoms with Gasteiger partial charge < -0.3 is 19.4 Å². The van der Waals surface area contributed by atoms with Gasteiger partial charge in [-0.05, 0) is 30.5 Å². The van der Waals surface area contributed by atoms with Crippen molar-refractivity contribution in [1.29, 1.82) is 0 Å². The van der Waals surface area contributed by atoms with Gasteiger partial charge >= 0.3 is 0 Å². The molecular weight excluding hydrogens is 444 g/mol. The Morgan fingerprint density at radius 2 is 1.94 bits per heavy atom. The largest absolute Gasteiger partial charge is 0.493 e. The topological polar surface area (TPSA) is 94.4 Å². The summed E-state index contributed by atoms with van der Waals surface area (Å²) < 4.78 is 13.3. The van der Waals surface area contributed by atoms with Crippen LogP contribution in [0.5, 0.6) is 11.5 Å². The Bertz CT molecular complexity index is 1130. The second kappa shape index (κ2) is 11.3. The first-order valence-electron chi connectivity index (χ1n) is 12.0. The number of aromatic nitrogens is 4. The minimum atomic E-state index is -0.228. The molecular formula is C26H34N6O3. The summed E-state index contributed by atoms with van der Waals surface area (Å²) in [4.78, 5) is 19.4. The van der Waals surface area contributed by atoms with Crippen molar-refractivity contribution in [3.05, 3.63) is 65.5 Å². The lowest BCUT2D eigenvalue weighted by atomic mass is 10.0. The van der Waals surface area contributed by atoms with E-state index in [1.165, 1.54) is 0 Å². The summed E-state index contributed by atoms with van der Waals surface area (Å²) in [6.45, 7) is 7.49. The number of para-hydroxylation sites is 1. The van der Waals surface area contributed by atoms with E-state index in [4.69, 9.17) is 9.47 Å². The molecule has 1 atom stereocenters. The van der Waals surface area contributed by atoms with Gasteiger partial charge in [0.15, 0.2) is 17.3 Å². The summed E-state index contributed by atoms with van der Waals surface area (Å²) >= 11 is 0. The minimum absolute atomic E-state index is 0.151. The van der Waals surface area contributed by atoms with Gasteiger partial charge in [-0.2, -0.15) is 0 Å². The highest BCUT2D eigenvalue weighted by Crippen LogP contribution is 2.32. The van der Waals surface area contributed by atoms with Crippen molar-refractivity contribution in [1.82, 2.24) is 30.0 Å². The third-order valence-corrected chi connectivity index (χ3v) is 6.27. The molecule has 1 N–H and O–H groups in total. The molecule has 4 rings (SSSR count). The Balaban J connectivity index is 1.51. The molecule has 0 saturated carbocycles. The van der Waals surface area contributed by atoms with Crippen molar-refractivity contribution >= 4 is 5.91 Å². The second-order valence-corrected chi connectivity index (χ2v) is 9.20. The molecule has 1 unspecified atom stereocenters. The smallest absolute Gasteiger partial charge is 0.253 e. The highest BCUT2D eigenvalue weighted by Gasteiger charge is 2.27. The zero-order chi connectivity index (χ0) is 24.8. The number of amides is 1. The lowest BCUT2D eigenvalue weighted by molar-refractivity contribution is 0.0928. The molecule has 35 heavy (non-hydrogen) atoms. The molecule has 0 aliphatic carbocycles. The summed E-state index contributed by atoms with van der Waals surface area (Å²) in [5, 5.41) is 12.2. The van der Waals surface area contributed by atoms with Crippen molar-refractivity contribution in [2.24, 2.45) is 5.92 Å². The molecule has 1 amide bonds. The van der Waals surface area contributed by atoms with E-state index >= 15 is 0 Å². The van der Waals surface area contributed by atoms with Gasteiger partial charge in [-0.3, -0.25) is 14.7 Å². The number of methoxy groups -OCH3 is 2. The molecule has 0 spiro atoms. The SMILES string of the molecule is COc1cccc(CN2CCc3nnc(C(CC(C)C)NC(=O)c4cccnc4)n3CC2)c1OC. The summed E-state index contributed by atoms with van der Waals surface area (Å²) in [5.74, 6) is 3.50. The molecule has 1 aromatic carbocycles. The number of hydrogen-bond acceptors (Lipinski definition) is 7. The fourth-order valence-corrected chi connectivity index (χ4v) is 4.56. The fourth-order valence-electron chi connectivity index (χ4n) is 4.56. The normalized spacial score (nSPS) is 14.8. The molecule has 0 radical (unpaired) electrons. The van der Waals surface area contributed by atoms with Crippen LogP contribution < -0.4 is 14.8 Å². The molecule has 9 nitrogen and oxygen atoms in total. The van der Waals surface area contributed by atoms with Crippen molar-refractivity contribution in [3.8, 4) is 11.5 Å². The van der Waals surface area contributed by atoms with Crippen molar-refractivity contribution < 1.29 is 14.3 Å². The number of carbonyl (C=O) groups excluding carboxylic acids is 1. The first-order valence-corrected chi connectivity index (χ1v) is 12.0. The van der Waals surface area contributed by atoms with Crippen LogP contribution in [0.2, 0.25) is 0 Å². The van der Waals surface area contributed by atoms with E-state index in [9.17, 15) is 4.79 Å². The number of pyridine rings is 1. The standard InChI is InChI=1S/C26H34N6O3/c1-18(2)15-21(28-26(33)19-8-6-11-27-16-19)25-30-29-23-10-12-31(13-14-32(23)25)17-20-7-5-9-22(34-3)24(20)35-4/h5-9,11,16,18,21H,10,12-15,17H2,1-4H3,(H,28,33). The van der Waals surface area contributed by atoms with E-state index in [0.717, 1.165) is 67.7 Å². The van der Waals surface area contributed by atoms with Gasteiger partial charge in [0.05, 0.1) is 25.8 Å². The lowest BCUT2D eigenvalue weighted by Gasteiger charge is -2.23. The van der Waals surface area contributed by atoms with Crippen LogP contribution in [0.4, 0.5) is 0 Å². The number of fused-ring (bicyclic) bond motifs is 1. The summed E-state index contributed by atoms with van der Waals surface area (Å²) in [5.41, 5.74) is 1.63. The number of carbonyl (C=O) groups is 1. The number of benzene rings is 1. The van der Waals surface area contributed by atoms with Gasteiger partial charge in [0.25, 0.3) is 5.91 Å². The predicted molar refractivity (Wildman–Crippen MR) is 132 cm³/mol. The molecule has 2 aromatic heterocycles. The zero-order valence-electron chi connectivity index (χ0n) is 20.9. The molecule has 9 heteroatoms. The number of rotatable bonds is 9. The number of nitrogens with zero attached hydrogens (tertiary/aromatic N) is 5. The molecule has 3 heterocycles. The van der Waals surface area contributed by atoms with Gasteiger partial charge in [-0.15, -0.1) is 10.2 Å². The third kappa shape index (κ3) is 5.79. The number of ether oxygens (including phenoxy) is 2. The van der Waals surface area contributed by atoms with Crippen molar-refractivity contribution in [2.75, 3.05) is 27.3 Å². The Morgan fingerprint density at radius 3 is 2.66 bits per heavy atom. The highest BCUT2D eigenvalue weighted by atomic mass is 16.5. The van der Waals surface area contributed by atoms with E-state index in [0.29, 0.717) is 11.5 Å². The van der Waals surface area contributed by atoms with Gasteiger partial charge in [-0.1, -0.05) is 26.0 Å². The Hall–Kier alpha value is -3.46. The van der Waals surface area contributed by atoms with Crippen molar-refractivity contribution in [3.63, 3.8) is 0 Å². The van der Waals surface area contributed by atoms with Crippen LogP contribution in [-0.2, 0) is 19.5 Å². The molecule has 1 aliphatic rings. The molecule has 3 aromatic rings. The fraction of sp³-hybridized carbons (Fsp3) is 0.462. The summed E-state index contributed by atoms with van der Waals surface area (Å²) in [6, 6.07) is 9.28. The van der Waals surface area contributed by atoms with E-state index in [2.05, 4.69) is 49.9 Å². The average molecular weight is 479 g/mol. The van der Waals surface area contributed by atoms with E-state index in [1.54, 1.807) is 38.7 Å². The summed E-state index contributed by atoms with van der Waals surface area (Å²) in [6.07, 6.45) is 4.80. The van der Waals surface area contributed by atoms with Crippen LogP contribution in [-0.4, -0.2) is 57.9 Å². The third-order valence-electron chi connectivity index (χ3n) is 6.27. The Kier molecular flexibility index (Phi) is 7.97. The maximum atomic E-state index is 12.9. The van der Waals surface area contributed by atoms with Crippen LogP contribution in [0.15, 0.2) is 42.7 Å². The minimum Gasteiger partial charge on any atom is -0.493 e. The van der Waals surface area contributed by atoms with E-state index in [1.807, 2.05) is 12.1 Å². The predicted octanol–water partition coefficient (Wildman–Crippen LogP) is 3.27. The van der Waals surface area contributed by atoms with Crippen LogP contribution in [0.1, 0.15) is 53.9 Å². The van der Waals surface area contributed by atoms with Crippen LogP contribution in [0.25, 0.3) is 0 Å². The van der Waals surface area contributed by atoms with Crippen LogP contribution >= 0.6 is 0 Å². The quantitative estimate of drug-likeness (QED) is 0.504. The first-order chi connectivity index (χ1) is 17.0. The van der Waals surface area contributed by atoms with Crippen LogP contribution in [0.3, 0.4) is 0 Å². The van der Waals surface area contributed by atoms with Gasteiger partial charge in [-0.25, -0.2) is 0 Å². The lowest BCUT2D eigenvalue weighted by Crippen LogP contribution is -2.32. The van der Waals surface area contributed by atoms with Crippen LogP contribution in [0, 0.1) is 5.92 Å². The molecule has 186 valence electrons. The maximum Gasteiger partial charge on any atom is 0.253 e. The Morgan fingerprint density at radius 1 is 1.09 bits per heavy atom. The second-order valence-electron chi connectivity index (χ2n) is 9.20. The van der Waals surface area contributed by atoms with Crippen molar-refractivity contribution in [2.45, 2.75) is 45.8 Å². The first kappa shape index (κ1) is 24.7. The molecule has 0 saturated heterocycles. The van der Waals surface area contributed by atoms with Gasteiger partial charge in [0.2, 0.25) is 0 Å². The van der Waals surface area contributed by atoms with E-state index < -0.39 is 0 Å². The van der Waals surface area contributed by atoms with Gasteiger partial charge in [0, 0.05) is 50.6 Å². The van der Waals surface area contributed by atoms with Gasteiger partial charge in [0.1, 0.15) is 5.82 Å². The number of hydrogen-bond donors (Lipinski definition) is 1. The highest BCUT2D eigenvalue weighted by molar-refractivity contribution is 5.94. The zero-order valence-corrected chi connectivity index (χ0v) is 20.9. The average Bonchev–Trinajstić information content (AvgIpc) is 3.17. The Labute approximate surface area is 206 Å². The summed E-state index contributed by atoms with van der Waals surface area (Å²) in [7, 11) is 3.33. The molecule has 0 bridgehead atoms. The van der Waals surface area contributed by atoms with E-state index in [-0.39, 0.29) is 11.9 Å². The number of nitrogens with one attached hydrogen (secondary N) is 1. The monoisotopic (exact) mass is 478 g/mol. The molecule has 0 fully saturated rings.